The van der Waals surface area contributed by atoms with Gasteiger partial charge in [0.15, 0.2) is 0 Å². The predicted octanol–water partition coefficient (Wildman–Crippen LogP) is 4.83. The van der Waals surface area contributed by atoms with E-state index in [9.17, 15) is 9.59 Å². The number of hydrogen-bond acceptors (Lipinski definition) is 2. The van der Waals surface area contributed by atoms with Crippen molar-refractivity contribution in [2.45, 2.75) is 26.2 Å². The molecule has 1 aliphatic heterocycles. The lowest BCUT2D eigenvalue weighted by Crippen LogP contribution is -2.50. The molecule has 0 N–H and O–H groups in total. The summed E-state index contributed by atoms with van der Waals surface area (Å²) in [5, 5.41) is 1.32. The van der Waals surface area contributed by atoms with Gasteiger partial charge in [0.25, 0.3) is 0 Å². The number of carbonyl (C=O) groups is 2. The lowest BCUT2D eigenvalue weighted by atomic mass is 9.81. The molecule has 2 aromatic carbocycles. The number of Topliss-reactive ketones (excluding diaryl/α,β-unsaturated/α-hetero) is 1. The number of hydrogen-bond donors (Lipinski definition) is 0. The first-order valence-corrected chi connectivity index (χ1v) is 10.0. The number of rotatable bonds is 5. The normalized spacial score (nSPS) is 20.0. The Kier molecular flexibility index (Phi) is 6.56. The molecule has 1 aliphatic rings. The molecular formula is C22H23Cl2NO2. The number of carbonyl (C=O) groups excluding carboxylic acids is 2. The Hall–Kier alpha value is -1.84. The lowest BCUT2D eigenvalue weighted by molar-refractivity contribution is -0.140. The third kappa shape index (κ3) is 4.72. The van der Waals surface area contributed by atoms with Crippen LogP contribution < -0.4 is 0 Å². The molecule has 27 heavy (non-hydrogen) atoms. The van der Waals surface area contributed by atoms with Crippen molar-refractivity contribution in [3.63, 3.8) is 0 Å². The maximum Gasteiger partial charge on any atom is 0.222 e. The summed E-state index contributed by atoms with van der Waals surface area (Å²) in [6.07, 6.45) is 1.53. The number of amides is 1. The van der Waals surface area contributed by atoms with Crippen LogP contribution in [0.3, 0.4) is 0 Å². The zero-order valence-electron chi connectivity index (χ0n) is 15.3. The van der Waals surface area contributed by atoms with E-state index in [2.05, 4.69) is 0 Å². The van der Waals surface area contributed by atoms with Gasteiger partial charge in [-0.3, -0.25) is 9.59 Å². The molecule has 1 heterocycles. The van der Waals surface area contributed by atoms with Crippen LogP contribution in [-0.2, 0) is 22.4 Å². The first kappa shape index (κ1) is 19.9. The summed E-state index contributed by atoms with van der Waals surface area (Å²) in [5.74, 6) is -0.228. The maximum absolute atomic E-state index is 13.2. The van der Waals surface area contributed by atoms with Crippen LogP contribution in [0.1, 0.15) is 24.5 Å². The van der Waals surface area contributed by atoms with Crippen molar-refractivity contribution in [3.8, 4) is 0 Å². The Morgan fingerprint density at radius 1 is 0.926 bits per heavy atom. The highest BCUT2D eigenvalue weighted by atomic mass is 35.5. The van der Waals surface area contributed by atoms with Crippen molar-refractivity contribution in [1.82, 2.24) is 4.90 Å². The zero-order chi connectivity index (χ0) is 19.4. The molecule has 2 aromatic rings. The second-order valence-corrected chi connectivity index (χ2v) is 7.85. The highest BCUT2D eigenvalue weighted by Gasteiger charge is 2.37. The fourth-order valence-electron chi connectivity index (χ4n) is 3.74. The summed E-state index contributed by atoms with van der Waals surface area (Å²) < 4.78 is 0. The van der Waals surface area contributed by atoms with Crippen LogP contribution in [0.25, 0.3) is 0 Å². The SMILES string of the molecule is CCC(=O)N1CC(Cc2ccccc2Cl)C(=O)C(Cc2ccccc2Cl)C1. The summed E-state index contributed by atoms with van der Waals surface area (Å²) in [6.45, 7) is 2.76. The van der Waals surface area contributed by atoms with E-state index in [-0.39, 0.29) is 23.5 Å². The molecule has 142 valence electrons. The van der Waals surface area contributed by atoms with Gasteiger partial charge in [-0.15, -0.1) is 0 Å². The Morgan fingerprint density at radius 3 is 1.78 bits per heavy atom. The Balaban J connectivity index is 1.84. The number of likely N-dealkylation sites (tertiary alicyclic amines) is 1. The van der Waals surface area contributed by atoms with E-state index in [1.165, 1.54) is 0 Å². The monoisotopic (exact) mass is 403 g/mol. The zero-order valence-corrected chi connectivity index (χ0v) is 16.8. The number of piperidine rings is 1. The lowest BCUT2D eigenvalue weighted by Gasteiger charge is -2.37. The van der Waals surface area contributed by atoms with Gasteiger partial charge in [-0.1, -0.05) is 66.5 Å². The molecule has 3 nitrogen and oxygen atoms in total. The summed E-state index contributed by atoms with van der Waals surface area (Å²) in [7, 11) is 0. The quantitative estimate of drug-likeness (QED) is 0.716. The van der Waals surface area contributed by atoms with E-state index >= 15 is 0 Å². The average Bonchev–Trinajstić information content (AvgIpc) is 2.67. The molecule has 1 saturated heterocycles. The fourth-order valence-corrected chi connectivity index (χ4v) is 4.16. The van der Waals surface area contributed by atoms with Crippen LogP contribution in [0.2, 0.25) is 10.0 Å². The molecule has 5 heteroatoms. The average molecular weight is 404 g/mol. The van der Waals surface area contributed by atoms with Crippen molar-refractivity contribution >= 4 is 34.9 Å². The van der Waals surface area contributed by atoms with Gasteiger partial charge >= 0.3 is 0 Å². The molecule has 2 unspecified atom stereocenters. The van der Waals surface area contributed by atoms with Crippen molar-refractivity contribution in [2.75, 3.05) is 13.1 Å². The Bertz CT molecular complexity index is 777. The minimum absolute atomic E-state index is 0.0795. The van der Waals surface area contributed by atoms with E-state index in [4.69, 9.17) is 23.2 Å². The standard InChI is InChI=1S/C22H23Cl2NO2/c1-2-21(26)25-13-17(11-15-7-3-5-9-19(15)23)22(27)18(14-25)12-16-8-4-6-10-20(16)24/h3-10,17-18H,2,11-14H2,1H3. The van der Waals surface area contributed by atoms with Crippen LogP contribution in [-0.4, -0.2) is 29.7 Å². The number of nitrogens with zero attached hydrogens (tertiary/aromatic N) is 1. The van der Waals surface area contributed by atoms with Gasteiger partial charge in [-0.25, -0.2) is 0 Å². The van der Waals surface area contributed by atoms with Gasteiger partial charge < -0.3 is 4.90 Å². The number of halogens is 2. The molecule has 2 atom stereocenters. The van der Waals surface area contributed by atoms with E-state index in [1.54, 1.807) is 0 Å². The number of benzene rings is 2. The second-order valence-electron chi connectivity index (χ2n) is 7.04. The van der Waals surface area contributed by atoms with Gasteiger partial charge in [-0.2, -0.15) is 0 Å². The van der Waals surface area contributed by atoms with E-state index in [0.717, 1.165) is 11.1 Å². The smallest absolute Gasteiger partial charge is 0.222 e. The van der Waals surface area contributed by atoms with Gasteiger partial charge in [0.1, 0.15) is 5.78 Å². The maximum atomic E-state index is 13.2. The van der Waals surface area contributed by atoms with Crippen LogP contribution in [0.15, 0.2) is 48.5 Å². The molecule has 0 aliphatic carbocycles. The first-order valence-electron chi connectivity index (χ1n) is 9.28. The molecule has 0 radical (unpaired) electrons. The molecule has 0 spiro atoms. The van der Waals surface area contributed by atoms with Gasteiger partial charge in [0.05, 0.1) is 0 Å². The van der Waals surface area contributed by atoms with Gasteiger partial charge in [0.2, 0.25) is 5.91 Å². The summed E-state index contributed by atoms with van der Waals surface area (Å²) in [6, 6.07) is 15.2. The second kappa shape index (κ2) is 8.90. The molecule has 0 aromatic heterocycles. The van der Waals surface area contributed by atoms with E-state index in [0.29, 0.717) is 42.4 Å². The molecule has 0 saturated carbocycles. The third-order valence-electron chi connectivity index (χ3n) is 5.19. The van der Waals surface area contributed by atoms with Crippen LogP contribution in [0.4, 0.5) is 0 Å². The Morgan fingerprint density at radius 2 is 1.37 bits per heavy atom. The van der Waals surface area contributed by atoms with E-state index in [1.807, 2.05) is 60.4 Å². The Labute approximate surface area is 170 Å². The topological polar surface area (TPSA) is 37.4 Å². The summed E-state index contributed by atoms with van der Waals surface area (Å²) >= 11 is 12.6. The van der Waals surface area contributed by atoms with Crippen LogP contribution >= 0.6 is 23.2 Å². The highest BCUT2D eigenvalue weighted by molar-refractivity contribution is 6.31. The molecule has 1 fully saturated rings. The summed E-state index contributed by atoms with van der Waals surface area (Å²) in [4.78, 5) is 27.4. The third-order valence-corrected chi connectivity index (χ3v) is 5.93. The molecular weight excluding hydrogens is 381 g/mol. The molecule has 3 rings (SSSR count). The highest BCUT2D eigenvalue weighted by Crippen LogP contribution is 2.29. The fraction of sp³-hybridized carbons (Fsp3) is 0.364. The van der Waals surface area contributed by atoms with E-state index < -0.39 is 0 Å². The molecule has 1 amide bonds. The van der Waals surface area contributed by atoms with Crippen molar-refractivity contribution in [3.05, 3.63) is 69.7 Å². The van der Waals surface area contributed by atoms with Crippen LogP contribution in [0, 0.1) is 11.8 Å². The van der Waals surface area contributed by atoms with Gasteiger partial charge in [0, 0.05) is 41.4 Å². The largest absolute Gasteiger partial charge is 0.341 e. The van der Waals surface area contributed by atoms with Crippen LogP contribution in [0.5, 0.6) is 0 Å². The van der Waals surface area contributed by atoms with Crippen molar-refractivity contribution in [1.29, 1.82) is 0 Å². The van der Waals surface area contributed by atoms with Gasteiger partial charge in [-0.05, 0) is 36.1 Å². The predicted molar refractivity (Wildman–Crippen MR) is 109 cm³/mol. The van der Waals surface area contributed by atoms with Crippen molar-refractivity contribution < 1.29 is 9.59 Å². The summed E-state index contributed by atoms with van der Waals surface area (Å²) in [5.41, 5.74) is 1.89. The van der Waals surface area contributed by atoms with Crippen molar-refractivity contribution in [2.24, 2.45) is 11.8 Å². The minimum atomic E-state index is -0.248. The first-order chi connectivity index (χ1) is 13.0. The number of ketones is 1. The minimum Gasteiger partial charge on any atom is -0.341 e. The molecule has 0 bridgehead atoms.